The Bertz CT molecular complexity index is 179. The molecule has 1 heterocycles. The molecule has 1 fully saturated rings. The first-order valence-corrected chi connectivity index (χ1v) is 4.27. The Hall–Kier alpha value is -0.670. The minimum Gasteiger partial charge on any atom is -0.379 e. The van der Waals surface area contributed by atoms with Crippen molar-refractivity contribution in [2.45, 2.75) is 13.0 Å². The first-order valence-electron chi connectivity index (χ1n) is 4.27. The van der Waals surface area contributed by atoms with Gasteiger partial charge in [0.15, 0.2) is 5.78 Å². The van der Waals surface area contributed by atoms with Crippen molar-refractivity contribution in [3.05, 3.63) is 12.7 Å². The van der Waals surface area contributed by atoms with Crippen LogP contribution >= 0.6 is 0 Å². The van der Waals surface area contributed by atoms with E-state index in [2.05, 4.69) is 11.9 Å². The summed E-state index contributed by atoms with van der Waals surface area (Å²) < 4.78 is 5.21. The van der Waals surface area contributed by atoms with Gasteiger partial charge in [-0.1, -0.05) is 13.5 Å². The van der Waals surface area contributed by atoms with Gasteiger partial charge >= 0.3 is 0 Å². The van der Waals surface area contributed by atoms with Crippen LogP contribution in [0.2, 0.25) is 0 Å². The lowest BCUT2D eigenvalue weighted by molar-refractivity contribution is -0.118. The van der Waals surface area contributed by atoms with Crippen molar-refractivity contribution in [2.75, 3.05) is 19.8 Å². The van der Waals surface area contributed by atoms with Crippen molar-refractivity contribution >= 4 is 5.78 Å². The SMILES string of the molecule is C=CC(=O)C1COCC1NCC. The molecule has 0 saturated carbocycles. The van der Waals surface area contributed by atoms with Crippen LogP contribution in [0.1, 0.15) is 6.92 Å². The molecule has 0 aromatic carbocycles. The normalized spacial score (nSPS) is 28.8. The second-order valence-electron chi connectivity index (χ2n) is 2.91. The van der Waals surface area contributed by atoms with Gasteiger partial charge in [0.2, 0.25) is 0 Å². The number of likely N-dealkylation sites (N-methyl/N-ethyl adjacent to an activating group) is 1. The first-order chi connectivity index (χ1) is 5.79. The van der Waals surface area contributed by atoms with Gasteiger partial charge in [-0.3, -0.25) is 4.79 Å². The Kier molecular flexibility index (Phi) is 3.44. The predicted molar refractivity (Wildman–Crippen MR) is 47.0 cm³/mol. The van der Waals surface area contributed by atoms with Gasteiger partial charge < -0.3 is 10.1 Å². The van der Waals surface area contributed by atoms with Crippen molar-refractivity contribution in [3.8, 4) is 0 Å². The predicted octanol–water partition coefficient (Wildman–Crippen LogP) is 0.366. The fourth-order valence-corrected chi connectivity index (χ4v) is 1.45. The molecule has 1 saturated heterocycles. The molecule has 0 amide bonds. The Balaban J connectivity index is 2.51. The molecule has 0 spiro atoms. The van der Waals surface area contributed by atoms with E-state index in [9.17, 15) is 4.79 Å². The average Bonchev–Trinajstić information content (AvgIpc) is 2.52. The molecule has 1 aliphatic heterocycles. The molecule has 12 heavy (non-hydrogen) atoms. The molecule has 1 N–H and O–H groups in total. The van der Waals surface area contributed by atoms with Crippen LogP contribution in [0.5, 0.6) is 0 Å². The van der Waals surface area contributed by atoms with Crippen LogP contribution in [0.15, 0.2) is 12.7 Å². The molecule has 0 aliphatic carbocycles. The summed E-state index contributed by atoms with van der Waals surface area (Å²) in [4.78, 5) is 11.3. The van der Waals surface area contributed by atoms with Crippen LogP contribution in [0.25, 0.3) is 0 Å². The molecule has 0 aromatic rings. The van der Waals surface area contributed by atoms with Crippen molar-refractivity contribution in [2.24, 2.45) is 5.92 Å². The van der Waals surface area contributed by atoms with Gasteiger partial charge in [0.25, 0.3) is 0 Å². The first kappa shape index (κ1) is 9.42. The maximum absolute atomic E-state index is 11.3. The van der Waals surface area contributed by atoms with Gasteiger partial charge in [0, 0.05) is 6.04 Å². The van der Waals surface area contributed by atoms with Gasteiger partial charge in [-0.15, -0.1) is 0 Å². The lowest BCUT2D eigenvalue weighted by atomic mass is 9.99. The Morgan fingerprint density at radius 2 is 2.50 bits per heavy atom. The van der Waals surface area contributed by atoms with E-state index in [0.29, 0.717) is 13.2 Å². The third-order valence-electron chi connectivity index (χ3n) is 2.11. The third kappa shape index (κ3) is 1.93. The lowest BCUT2D eigenvalue weighted by Crippen LogP contribution is -2.38. The number of rotatable bonds is 4. The lowest BCUT2D eigenvalue weighted by Gasteiger charge is -2.14. The molecule has 68 valence electrons. The fourth-order valence-electron chi connectivity index (χ4n) is 1.45. The summed E-state index contributed by atoms with van der Waals surface area (Å²) in [5.41, 5.74) is 0. The van der Waals surface area contributed by atoms with E-state index in [1.54, 1.807) is 0 Å². The standard InChI is InChI=1S/C9H15NO2/c1-3-9(11)7-5-12-6-8(7)10-4-2/h3,7-8,10H,1,4-6H2,2H3. The van der Waals surface area contributed by atoms with Gasteiger partial charge in [-0.05, 0) is 12.6 Å². The molecule has 2 atom stereocenters. The molecule has 3 heteroatoms. The zero-order valence-corrected chi connectivity index (χ0v) is 7.38. The number of hydrogen-bond acceptors (Lipinski definition) is 3. The molecule has 3 nitrogen and oxygen atoms in total. The molecule has 0 radical (unpaired) electrons. The highest BCUT2D eigenvalue weighted by Crippen LogP contribution is 2.14. The quantitative estimate of drug-likeness (QED) is 0.618. The number of ether oxygens (including phenoxy) is 1. The van der Waals surface area contributed by atoms with Gasteiger partial charge in [0.05, 0.1) is 19.1 Å². The van der Waals surface area contributed by atoms with Crippen LogP contribution in [-0.4, -0.2) is 31.6 Å². The van der Waals surface area contributed by atoms with E-state index in [1.165, 1.54) is 6.08 Å². The number of carbonyl (C=O) groups is 1. The molecule has 1 aliphatic rings. The second kappa shape index (κ2) is 4.38. The van der Waals surface area contributed by atoms with Crippen molar-refractivity contribution in [3.63, 3.8) is 0 Å². The summed E-state index contributed by atoms with van der Waals surface area (Å²) in [7, 11) is 0. The smallest absolute Gasteiger partial charge is 0.162 e. The summed E-state index contributed by atoms with van der Waals surface area (Å²) in [5.74, 6) is 0.0564. The summed E-state index contributed by atoms with van der Waals surface area (Å²) >= 11 is 0. The van der Waals surface area contributed by atoms with Crippen molar-refractivity contribution in [1.29, 1.82) is 0 Å². The largest absolute Gasteiger partial charge is 0.379 e. The average molecular weight is 169 g/mol. The van der Waals surface area contributed by atoms with Crippen LogP contribution in [-0.2, 0) is 9.53 Å². The Morgan fingerprint density at radius 1 is 1.75 bits per heavy atom. The number of allylic oxidation sites excluding steroid dienone is 1. The number of hydrogen-bond donors (Lipinski definition) is 1. The van der Waals surface area contributed by atoms with Crippen LogP contribution in [0, 0.1) is 5.92 Å². The molecule has 0 aromatic heterocycles. The second-order valence-corrected chi connectivity index (χ2v) is 2.91. The number of nitrogens with one attached hydrogen (secondary N) is 1. The topological polar surface area (TPSA) is 38.3 Å². The van der Waals surface area contributed by atoms with E-state index < -0.39 is 0 Å². The van der Waals surface area contributed by atoms with Crippen molar-refractivity contribution < 1.29 is 9.53 Å². The molecule has 2 unspecified atom stereocenters. The monoisotopic (exact) mass is 169 g/mol. The highest BCUT2D eigenvalue weighted by atomic mass is 16.5. The minimum absolute atomic E-state index is 0.0255. The van der Waals surface area contributed by atoms with Crippen LogP contribution in [0.3, 0.4) is 0 Å². The number of ketones is 1. The van der Waals surface area contributed by atoms with Crippen molar-refractivity contribution in [1.82, 2.24) is 5.32 Å². The van der Waals surface area contributed by atoms with E-state index in [-0.39, 0.29) is 17.7 Å². The molecular weight excluding hydrogens is 154 g/mol. The van der Waals surface area contributed by atoms with E-state index >= 15 is 0 Å². The van der Waals surface area contributed by atoms with E-state index in [1.807, 2.05) is 6.92 Å². The van der Waals surface area contributed by atoms with Crippen LogP contribution < -0.4 is 5.32 Å². The molecule has 0 bridgehead atoms. The Morgan fingerprint density at radius 3 is 3.08 bits per heavy atom. The zero-order valence-electron chi connectivity index (χ0n) is 7.38. The fraction of sp³-hybridized carbons (Fsp3) is 0.667. The van der Waals surface area contributed by atoms with Crippen LogP contribution in [0.4, 0.5) is 0 Å². The Labute approximate surface area is 72.8 Å². The van der Waals surface area contributed by atoms with E-state index in [0.717, 1.165) is 6.54 Å². The maximum atomic E-state index is 11.3. The van der Waals surface area contributed by atoms with Gasteiger partial charge in [0.1, 0.15) is 0 Å². The highest BCUT2D eigenvalue weighted by Gasteiger charge is 2.31. The summed E-state index contributed by atoms with van der Waals surface area (Å²) in [5, 5.41) is 3.22. The summed E-state index contributed by atoms with van der Waals surface area (Å²) in [6.45, 7) is 7.53. The molecule has 1 rings (SSSR count). The molecular formula is C9H15NO2. The number of carbonyl (C=O) groups excluding carboxylic acids is 1. The maximum Gasteiger partial charge on any atom is 0.162 e. The van der Waals surface area contributed by atoms with Gasteiger partial charge in [-0.2, -0.15) is 0 Å². The zero-order chi connectivity index (χ0) is 8.97. The highest BCUT2D eigenvalue weighted by molar-refractivity contribution is 5.92. The minimum atomic E-state index is -0.0255. The summed E-state index contributed by atoms with van der Waals surface area (Å²) in [6.07, 6.45) is 1.38. The van der Waals surface area contributed by atoms with E-state index in [4.69, 9.17) is 4.74 Å². The third-order valence-corrected chi connectivity index (χ3v) is 2.11. The van der Waals surface area contributed by atoms with Gasteiger partial charge in [-0.25, -0.2) is 0 Å². The summed E-state index contributed by atoms with van der Waals surface area (Å²) in [6, 6.07) is 0.181.